The number of hydrogen-bond acceptors (Lipinski definition) is 2. The molecule has 0 saturated carbocycles. The van der Waals surface area contributed by atoms with Crippen LogP contribution in [-0.2, 0) is 19.5 Å². The van der Waals surface area contributed by atoms with Gasteiger partial charge in [0.05, 0.1) is 0 Å². The number of alkyl halides is 6. The van der Waals surface area contributed by atoms with Gasteiger partial charge in [0.2, 0.25) is 6.10 Å². The first-order chi connectivity index (χ1) is 6.15. The van der Waals surface area contributed by atoms with E-state index in [9.17, 15) is 26.3 Å². The Morgan fingerprint density at radius 1 is 0.875 bits per heavy atom. The minimum atomic E-state index is -5.63. The predicted octanol–water partition coefficient (Wildman–Crippen LogP) is 2.28. The van der Waals surface area contributed by atoms with Crippen molar-refractivity contribution < 1.29 is 55.7 Å². The van der Waals surface area contributed by atoms with Crippen LogP contribution in [0.4, 0.5) is 26.3 Å². The molecular weight excluding hydrogens is 312 g/mol. The number of rotatable bonds is 0. The summed E-state index contributed by atoms with van der Waals surface area (Å²) in [5.74, 6) is 0. The Labute approximate surface area is 103 Å². The molecule has 0 aliphatic rings. The average Bonchev–Trinajstić information content (AvgIpc) is 1.77. The maximum Gasteiger partial charge on any atom is 0.423 e. The third-order valence-corrected chi connectivity index (χ3v) is 0.620. The second kappa shape index (κ2) is 6.93. The predicted molar refractivity (Wildman–Crippen MR) is 43.7 cm³/mol. The van der Waals surface area contributed by atoms with Crippen molar-refractivity contribution >= 4 is 8.32 Å². The van der Waals surface area contributed by atoms with E-state index < -0.39 is 26.8 Å². The first kappa shape index (κ1) is 21.6. The summed E-state index contributed by atoms with van der Waals surface area (Å²) in [5, 5.41) is 7.47. The normalized spacial score (nSPS) is 12.8. The molecule has 0 amide bonds. The molecule has 0 aliphatic carbocycles. The fourth-order valence-corrected chi connectivity index (χ4v) is 0.186. The summed E-state index contributed by atoms with van der Waals surface area (Å²) in [6.45, 7) is 5.65. The molecule has 0 fully saturated rings. The second-order valence-corrected chi connectivity index (χ2v) is 8.00. The summed E-state index contributed by atoms with van der Waals surface area (Å²) < 4.78 is 65.9. The summed E-state index contributed by atoms with van der Waals surface area (Å²) >= 11 is 0. The van der Waals surface area contributed by atoms with Crippen molar-refractivity contribution in [2.24, 2.45) is 0 Å². The Balaban J connectivity index is -0.000000242. The van der Waals surface area contributed by atoms with Crippen molar-refractivity contribution in [1.82, 2.24) is 0 Å². The van der Waals surface area contributed by atoms with Gasteiger partial charge in [-0.15, -0.1) is 0 Å². The van der Waals surface area contributed by atoms with E-state index in [0.717, 1.165) is 0 Å². The number of halogens is 6. The molecule has 0 radical (unpaired) electrons. The second-order valence-electron chi connectivity index (χ2n) is 3.66. The minimum absolute atomic E-state index is 0. The van der Waals surface area contributed by atoms with E-state index in [-0.39, 0.29) is 19.5 Å². The van der Waals surface area contributed by atoms with Gasteiger partial charge in [0.1, 0.15) is 0 Å². The molecule has 2 N–H and O–H groups in total. The molecule has 0 spiro atoms. The molecule has 2 nitrogen and oxygen atoms in total. The topological polar surface area (TPSA) is 40.5 Å². The summed E-state index contributed by atoms with van der Waals surface area (Å²) in [6.07, 6.45) is -15.5. The largest absolute Gasteiger partial charge is 0.433 e. The quantitative estimate of drug-likeness (QED) is 0.530. The molecule has 0 unspecified atom stereocenters. The molecule has 0 aromatic heterocycles. The van der Waals surface area contributed by atoms with Gasteiger partial charge in [-0.1, -0.05) is 0 Å². The molecule has 16 heavy (non-hydrogen) atoms. The maximum absolute atomic E-state index is 11.0. The van der Waals surface area contributed by atoms with Crippen LogP contribution in [0.1, 0.15) is 0 Å². The Hall–Kier alpha value is 0.340. The van der Waals surface area contributed by atoms with Crippen molar-refractivity contribution in [3.8, 4) is 0 Å². The SMILES string of the molecule is C[Si](C)(C)O.OC(C(F)(F)F)C(F)(F)F.[Zn]. The number of hydrogen-bond donors (Lipinski definition) is 2. The molecule has 0 aliphatic heterocycles. The molecule has 0 atom stereocenters. The van der Waals surface area contributed by atoms with Crippen LogP contribution in [0.25, 0.3) is 0 Å². The standard InChI is InChI=1S/C3H2F6O.C3H10OSi.Zn/c4-2(5,6)1(10)3(7,8)9;1-5(2,3)4;/h1,10H;4H,1-3H3;. The van der Waals surface area contributed by atoms with E-state index in [1.807, 2.05) is 19.6 Å². The fraction of sp³-hybridized carbons (Fsp3) is 1.00. The van der Waals surface area contributed by atoms with Crippen LogP contribution in [0.2, 0.25) is 19.6 Å². The van der Waals surface area contributed by atoms with Crippen LogP contribution in [0.15, 0.2) is 0 Å². The van der Waals surface area contributed by atoms with E-state index in [0.29, 0.717) is 0 Å². The van der Waals surface area contributed by atoms with Crippen molar-refractivity contribution in [2.45, 2.75) is 38.1 Å². The monoisotopic (exact) mass is 322 g/mol. The van der Waals surface area contributed by atoms with Crippen LogP contribution in [0, 0.1) is 0 Å². The van der Waals surface area contributed by atoms with Crippen molar-refractivity contribution in [3.05, 3.63) is 0 Å². The molecule has 10 heteroatoms. The van der Waals surface area contributed by atoms with Gasteiger partial charge in [0.25, 0.3) is 0 Å². The summed E-state index contributed by atoms with van der Waals surface area (Å²) in [6, 6.07) is 0. The van der Waals surface area contributed by atoms with E-state index >= 15 is 0 Å². The fourth-order valence-electron chi connectivity index (χ4n) is 0.186. The van der Waals surface area contributed by atoms with E-state index in [1.165, 1.54) is 0 Å². The molecular formula is C6H12F6O2SiZn. The molecule has 96 valence electrons. The first-order valence-electron chi connectivity index (χ1n) is 3.69. The van der Waals surface area contributed by atoms with Gasteiger partial charge >= 0.3 is 12.4 Å². The summed E-state index contributed by atoms with van der Waals surface area (Å²) in [4.78, 5) is 8.66. The smallest absolute Gasteiger partial charge is 0.423 e. The van der Waals surface area contributed by atoms with Crippen LogP contribution in [0.3, 0.4) is 0 Å². The maximum atomic E-state index is 11.0. The van der Waals surface area contributed by atoms with Crippen LogP contribution < -0.4 is 0 Å². The Bertz CT molecular complexity index is 167. The molecule has 0 heterocycles. The first-order valence-corrected chi connectivity index (χ1v) is 7.14. The van der Waals surface area contributed by atoms with E-state index in [2.05, 4.69) is 0 Å². The summed E-state index contributed by atoms with van der Waals surface area (Å²) in [7, 11) is -1.61. The van der Waals surface area contributed by atoms with Gasteiger partial charge in [-0.25, -0.2) is 0 Å². The minimum Gasteiger partial charge on any atom is -0.433 e. The van der Waals surface area contributed by atoms with Gasteiger partial charge in [-0.3, -0.25) is 0 Å². The number of aliphatic hydroxyl groups excluding tert-OH is 1. The van der Waals surface area contributed by atoms with E-state index in [1.54, 1.807) is 0 Å². The van der Waals surface area contributed by atoms with Gasteiger partial charge in [0.15, 0.2) is 8.32 Å². The van der Waals surface area contributed by atoms with E-state index in [4.69, 9.17) is 9.90 Å². The van der Waals surface area contributed by atoms with Crippen LogP contribution in [0.5, 0.6) is 0 Å². The zero-order chi connectivity index (χ0) is 13.1. The Morgan fingerprint density at radius 3 is 1.00 bits per heavy atom. The van der Waals surface area contributed by atoms with Gasteiger partial charge < -0.3 is 9.90 Å². The van der Waals surface area contributed by atoms with Crippen LogP contribution >= 0.6 is 0 Å². The zero-order valence-corrected chi connectivity index (χ0v) is 12.9. The molecule has 0 aromatic carbocycles. The zero-order valence-electron chi connectivity index (χ0n) is 8.95. The third-order valence-electron chi connectivity index (χ3n) is 0.620. The van der Waals surface area contributed by atoms with Gasteiger partial charge in [-0.2, -0.15) is 26.3 Å². The van der Waals surface area contributed by atoms with Gasteiger partial charge in [-0.05, 0) is 19.6 Å². The van der Waals surface area contributed by atoms with Gasteiger partial charge in [0, 0.05) is 19.5 Å². The summed E-state index contributed by atoms with van der Waals surface area (Å²) in [5.41, 5.74) is 0. The Kier molecular flexibility index (Phi) is 9.35. The molecule has 0 aromatic rings. The third kappa shape index (κ3) is 16.8. The van der Waals surface area contributed by atoms with Crippen molar-refractivity contribution in [2.75, 3.05) is 0 Å². The number of aliphatic hydroxyl groups is 1. The average molecular weight is 324 g/mol. The molecule has 0 rings (SSSR count). The Morgan fingerprint density at radius 2 is 1.00 bits per heavy atom. The van der Waals surface area contributed by atoms with Crippen LogP contribution in [-0.4, -0.2) is 36.7 Å². The van der Waals surface area contributed by atoms with Crippen molar-refractivity contribution in [1.29, 1.82) is 0 Å². The molecule has 0 bridgehead atoms. The molecule has 0 saturated heterocycles. The van der Waals surface area contributed by atoms with Crippen molar-refractivity contribution in [3.63, 3.8) is 0 Å².